The van der Waals surface area contributed by atoms with Gasteiger partial charge in [0.15, 0.2) is 0 Å². The van der Waals surface area contributed by atoms with Gasteiger partial charge < -0.3 is 4.74 Å². The summed E-state index contributed by atoms with van der Waals surface area (Å²) in [5.74, 6) is 3.54. The minimum Gasteiger partial charge on any atom is -0.497 e. The minimum absolute atomic E-state index is 0.742. The van der Waals surface area contributed by atoms with Gasteiger partial charge in [-0.1, -0.05) is 30.3 Å². The third-order valence-electron chi connectivity index (χ3n) is 3.31. The van der Waals surface area contributed by atoms with Gasteiger partial charge in [-0.15, -0.1) is 6.42 Å². The molecule has 1 heterocycles. The van der Waals surface area contributed by atoms with Crippen molar-refractivity contribution in [1.82, 2.24) is 9.78 Å². The number of hydrogen-bond donors (Lipinski definition) is 0. The summed E-state index contributed by atoms with van der Waals surface area (Å²) < 4.78 is 6.93. The lowest BCUT2D eigenvalue weighted by Crippen LogP contribution is -1.99. The molecule has 3 aromatic rings. The third kappa shape index (κ3) is 2.39. The molecule has 0 radical (unpaired) electrons. The van der Waals surface area contributed by atoms with Crippen LogP contribution in [0.25, 0.3) is 16.8 Å². The maximum absolute atomic E-state index is 5.69. The largest absolute Gasteiger partial charge is 0.497 e. The summed E-state index contributed by atoms with van der Waals surface area (Å²) in [6.45, 7) is 0. The van der Waals surface area contributed by atoms with E-state index in [-0.39, 0.29) is 0 Å². The first-order chi connectivity index (χ1) is 10.3. The highest BCUT2D eigenvalue weighted by Gasteiger charge is 2.11. The Bertz CT molecular complexity index is 780. The van der Waals surface area contributed by atoms with E-state index in [9.17, 15) is 0 Å². The average molecular weight is 274 g/mol. The first-order valence-corrected chi connectivity index (χ1v) is 6.58. The molecule has 1 aromatic heterocycles. The summed E-state index contributed by atoms with van der Waals surface area (Å²) in [5, 5.41) is 4.42. The summed E-state index contributed by atoms with van der Waals surface area (Å²) >= 11 is 0. The molecule has 21 heavy (non-hydrogen) atoms. The lowest BCUT2D eigenvalue weighted by Gasteiger charge is -2.06. The van der Waals surface area contributed by atoms with Gasteiger partial charge in [-0.05, 0) is 35.7 Å². The summed E-state index contributed by atoms with van der Waals surface area (Å²) in [7, 11) is 1.64. The van der Waals surface area contributed by atoms with E-state index in [2.05, 4.69) is 11.0 Å². The van der Waals surface area contributed by atoms with Crippen LogP contribution >= 0.6 is 0 Å². The van der Waals surface area contributed by atoms with Crippen LogP contribution in [0.15, 0.2) is 60.8 Å². The van der Waals surface area contributed by atoms with Crippen LogP contribution < -0.4 is 4.74 Å². The van der Waals surface area contributed by atoms with Gasteiger partial charge in [0.2, 0.25) is 0 Å². The number of hydrogen-bond acceptors (Lipinski definition) is 2. The van der Waals surface area contributed by atoms with Gasteiger partial charge in [-0.3, -0.25) is 0 Å². The molecule has 0 aliphatic heterocycles. The Labute approximate surface area is 123 Å². The Morgan fingerprint density at radius 3 is 2.38 bits per heavy atom. The van der Waals surface area contributed by atoms with Gasteiger partial charge in [-0.2, -0.15) is 5.10 Å². The molecule has 3 nitrogen and oxygen atoms in total. The highest BCUT2D eigenvalue weighted by atomic mass is 16.5. The van der Waals surface area contributed by atoms with Crippen molar-refractivity contribution in [2.45, 2.75) is 0 Å². The topological polar surface area (TPSA) is 27.1 Å². The smallest absolute Gasteiger partial charge is 0.124 e. The van der Waals surface area contributed by atoms with Gasteiger partial charge in [-0.25, -0.2) is 4.68 Å². The van der Waals surface area contributed by atoms with E-state index in [4.69, 9.17) is 11.2 Å². The van der Waals surface area contributed by atoms with Crippen LogP contribution in [-0.2, 0) is 0 Å². The maximum atomic E-state index is 5.69. The van der Waals surface area contributed by atoms with Gasteiger partial charge in [0, 0.05) is 5.56 Å². The van der Waals surface area contributed by atoms with Gasteiger partial charge in [0.25, 0.3) is 0 Å². The van der Waals surface area contributed by atoms with Crippen molar-refractivity contribution in [2.75, 3.05) is 7.11 Å². The molecule has 0 fully saturated rings. The van der Waals surface area contributed by atoms with Crippen LogP contribution in [0.2, 0.25) is 0 Å². The molecule has 0 unspecified atom stereocenters. The van der Waals surface area contributed by atoms with Gasteiger partial charge >= 0.3 is 0 Å². The van der Waals surface area contributed by atoms with Crippen molar-refractivity contribution in [3.63, 3.8) is 0 Å². The number of benzene rings is 2. The molecular formula is C18H14N2O. The number of aromatic nitrogens is 2. The molecule has 0 saturated carbocycles. The van der Waals surface area contributed by atoms with E-state index >= 15 is 0 Å². The first kappa shape index (κ1) is 13.0. The fraction of sp³-hybridized carbons (Fsp3) is 0.0556. The van der Waals surface area contributed by atoms with Gasteiger partial charge in [0.1, 0.15) is 11.4 Å². The van der Waals surface area contributed by atoms with Crippen LogP contribution in [0.4, 0.5) is 0 Å². The van der Waals surface area contributed by atoms with Crippen molar-refractivity contribution >= 4 is 0 Å². The Balaban J connectivity index is 2.08. The fourth-order valence-electron chi connectivity index (χ4n) is 2.24. The maximum Gasteiger partial charge on any atom is 0.124 e. The molecule has 0 bridgehead atoms. The molecule has 0 saturated heterocycles. The van der Waals surface area contributed by atoms with Crippen LogP contribution in [0.3, 0.4) is 0 Å². The number of rotatable bonds is 3. The summed E-state index contributed by atoms with van der Waals surface area (Å²) in [5.41, 5.74) is 3.66. The second-order valence-corrected chi connectivity index (χ2v) is 4.53. The molecule has 0 aliphatic rings. The van der Waals surface area contributed by atoms with Crippen molar-refractivity contribution in [2.24, 2.45) is 0 Å². The molecule has 2 aromatic carbocycles. The molecular weight excluding hydrogens is 260 g/mol. The molecule has 0 spiro atoms. The van der Waals surface area contributed by atoms with E-state index in [0.717, 1.165) is 28.3 Å². The van der Waals surface area contributed by atoms with Crippen molar-refractivity contribution in [1.29, 1.82) is 0 Å². The number of ether oxygens (including phenoxy) is 1. The second kappa shape index (κ2) is 5.56. The highest BCUT2D eigenvalue weighted by Crippen LogP contribution is 2.25. The Morgan fingerprint density at radius 2 is 1.76 bits per heavy atom. The lowest BCUT2D eigenvalue weighted by molar-refractivity contribution is 0.414. The Kier molecular flexibility index (Phi) is 3.44. The first-order valence-electron chi connectivity index (χ1n) is 6.58. The normalized spacial score (nSPS) is 10.1. The summed E-state index contributed by atoms with van der Waals surface area (Å²) in [6, 6.07) is 17.6. The molecule has 102 valence electrons. The van der Waals surface area contributed by atoms with Gasteiger partial charge in [0.05, 0.1) is 19.0 Å². The van der Waals surface area contributed by atoms with Crippen LogP contribution in [-0.4, -0.2) is 16.9 Å². The number of nitrogens with zero attached hydrogens (tertiary/aromatic N) is 2. The summed E-state index contributed by atoms with van der Waals surface area (Å²) in [4.78, 5) is 0. The standard InChI is InChI=1S/C18H14N2O/c1-3-18-17(14-7-5-4-6-8-14)13-19-20(18)15-9-11-16(21-2)12-10-15/h1,4-13H,2H3. The molecule has 0 N–H and O–H groups in total. The van der Waals surface area contributed by atoms with E-state index < -0.39 is 0 Å². The fourth-order valence-corrected chi connectivity index (χ4v) is 2.24. The average Bonchev–Trinajstić information content (AvgIpc) is 2.99. The SMILES string of the molecule is C#Cc1c(-c2ccccc2)cnn1-c1ccc(OC)cc1. The quantitative estimate of drug-likeness (QED) is 0.683. The van der Waals surface area contributed by atoms with E-state index in [0.29, 0.717) is 0 Å². The molecule has 3 rings (SSSR count). The predicted octanol–water partition coefficient (Wildman–Crippen LogP) is 3.53. The minimum atomic E-state index is 0.742. The highest BCUT2D eigenvalue weighted by molar-refractivity contribution is 5.69. The second-order valence-electron chi connectivity index (χ2n) is 4.53. The molecule has 0 amide bonds. The zero-order valence-electron chi connectivity index (χ0n) is 11.7. The van der Waals surface area contributed by atoms with Crippen molar-refractivity contribution in [3.05, 3.63) is 66.5 Å². The Hall–Kier alpha value is -2.99. The predicted molar refractivity (Wildman–Crippen MR) is 83.5 cm³/mol. The number of terminal acetylenes is 1. The summed E-state index contributed by atoms with van der Waals surface area (Å²) in [6.07, 6.45) is 7.49. The van der Waals surface area contributed by atoms with E-state index in [1.807, 2.05) is 54.6 Å². The zero-order valence-corrected chi connectivity index (χ0v) is 11.7. The van der Waals surface area contributed by atoms with Crippen LogP contribution in [0, 0.1) is 12.3 Å². The van der Waals surface area contributed by atoms with Crippen molar-refractivity contribution < 1.29 is 4.74 Å². The van der Waals surface area contributed by atoms with Crippen molar-refractivity contribution in [3.8, 4) is 34.9 Å². The van der Waals surface area contributed by atoms with Crippen LogP contribution in [0.1, 0.15) is 5.69 Å². The monoisotopic (exact) mass is 274 g/mol. The molecule has 0 atom stereocenters. The van der Waals surface area contributed by atoms with E-state index in [1.165, 1.54) is 0 Å². The molecule has 0 aliphatic carbocycles. The number of methoxy groups -OCH3 is 1. The third-order valence-corrected chi connectivity index (χ3v) is 3.31. The molecule has 3 heteroatoms. The van der Waals surface area contributed by atoms with Crippen LogP contribution in [0.5, 0.6) is 5.75 Å². The Morgan fingerprint density at radius 1 is 1.05 bits per heavy atom. The zero-order chi connectivity index (χ0) is 14.7. The lowest BCUT2D eigenvalue weighted by atomic mass is 10.1. The van der Waals surface area contributed by atoms with E-state index in [1.54, 1.807) is 18.0 Å².